The van der Waals surface area contributed by atoms with E-state index in [-0.39, 0.29) is 11.8 Å². The van der Waals surface area contributed by atoms with Crippen LogP contribution in [0.15, 0.2) is 24.3 Å². The van der Waals surface area contributed by atoms with Crippen LogP contribution in [-0.4, -0.2) is 26.7 Å². The molecule has 1 aromatic carbocycles. The predicted molar refractivity (Wildman–Crippen MR) is 65.5 cm³/mol. The monoisotopic (exact) mass is 239 g/mol. The number of nitrogens with zero attached hydrogens (tertiary/aromatic N) is 1. The Kier molecular flexibility index (Phi) is 4.10. The van der Waals surface area contributed by atoms with Crippen LogP contribution >= 0.6 is 0 Å². The van der Waals surface area contributed by atoms with Crippen LogP contribution in [0.5, 0.6) is 0 Å². The van der Waals surface area contributed by atoms with Crippen LogP contribution in [0, 0.1) is 11.2 Å². The highest BCUT2D eigenvalue weighted by molar-refractivity contribution is 5.76. The summed E-state index contributed by atoms with van der Waals surface area (Å²) in [6.07, 6.45) is 0. The van der Waals surface area contributed by atoms with Gasteiger partial charge in [-0.25, -0.2) is 4.39 Å². The maximum atomic E-state index is 13.1. The molecule has 0 saturated heterocycles. The molecule has 0 fully saturated rings. The van der Waals surface area contributed by atoms with Gasteiger partial charge in [0, 0.05) is 19.3 Å². The molecule has 0 amide bonds. The zero-order valence-corrected chi connectivity index (χ0v) is 10.7. The van der Waals surface area contributed by atoms with Gasteiger partial charge in [0.2, 0.25) is 0 Å². The largest absolute Gasteiger partial charge is 0.469 e. The Balaban J connectivity index is 2.79. The fraction of sp³-hybridized carbons (Fsp3) is 0.462. The third kappa shape index (κ3) is 3.44. The van der Waals surface area contributed by atoms with E-state index in [9.17, 15) is 9.18 Å². The van der Waals surface area contributed by atoms with Gasteiger partial charge in [-0.3, -0.25) is 4.79 Å². The van der Waals surface area contributed by atoms with Gasteiger partial charge in [0.1, 0.15) is 5.82 Å². The lowest BCUT2D eigenvalue weighted by atomic mass is 9.93. The Morgan fingerprint density at radius 1 is 1.47 bits per heavy atom. The first-order chi connectivity index (χ1) is 7.86. The summed E-state index contributed by atoms with van der Waals surface area (Å²) in [4.78, 5) is 13.4. The highest BCUT2D eigenvalue weighted by Gasteiger charge is 2.30. The molecule has 1 aromatic rings. The predicted octanol–water partition coefficient (Wildman–Crippen LogP) is 2.46. The molecule has 0 aliphatic rings. The Hall–Kier alpha value is -1.58. The first kappa shape index (κ1) is 13.5. The fourth-order valence-electron chi connectivity index (χ4n) is 1.74. The van der Waals surface area contributed by atoms with Crippen molar-refractivity contribution in [3.8, 4) is 0 Å². The number of rotatable bonds is 4. The Bertz CT molecular complexity index is 404. The molecule has 0 N–H and O–H groups in total. The summed E-state index contributed by atoms with van der Waals surface area (Å²) < 4.78 is 17.8. The third-order valence-corrected chi connectivity index (χ3v) is 2.62. The molecule has 4 heteroatoms. The van der Waals surface area contributed by atoms with E-state index >= 15 is 0 Å². The summed E-state index contributed by atoms with van der Waals surface area (Å²) in [7, 11) is 3.19. The molecule has 1 rings (SSSR count). The number of carbonyl (C=O) groups is 1. The molecule has 0 bridgehead atoms. The molecule has 94 valence electrons. The number of hydrogen-bond acceptors (Lipinski definition) is 3. The Morgan fingerprint density at radius 2 is 2.12 bits per heavy atom. The third-order valence-electron chi connectivity index (χ3n) is 2.62. The van der Waals surface area contributed by atoms with Crippen molar-refractivity contribution in [1.29, 1.82) is 0 Å². The smallest absolute Gasteiger partial charge is 0.313 e. The summed E-state index contributed by atoms with van der Waals surface area (Å²) in [5.74, 6) is -0.564. The van der Waals surface area contributed by atoms with E-state index in [4.69, 9.17) is 4.74 Å². The van der Waals surface area contributed by atoms with Crippen molar-refractivity contribution in [1.82, 2.24) is 0 Å². The van der Waals surface area contributed by atoms with Crippen molar-refractivity contribution < 1.29 is 13.9 Å². The average molecular weight is 239 g/mol. The van der Waals surface area contributed by atoms with Crippen LogP contribution in [-0.2, 0) is 9.53 Å². The molecule has 0 aromatic heterocycles. The van der Waals surface area contributed by atoms with Gasteiger partial charge in [-0.15, -0.1) is 0 Å². The molecule has 0 aliphatic heterocycles. The molecule has 0 aliphatic carbocycles. The number of methoxy groups -OCH3 is 1. The summed E-state index contributed by atoms with van der Waals surface area (Å²) in [5, 5.41) is 0. The van der Waals surface area contributed by atoms with Crippen LogP contribution < -0.4 is 4.90 Å². The van der Waals surface area contributed by atoms with E-state index in [2.05, 4.69) is 0 Å². The van der Waals surface area contributed by atoms with Crippen LogP contribution in [0.4, 0.5) is 10.1 Å². The van der Waals surface area contributed by atoms with E-state index < -0.39 is 5.41 Å². The number of esters is 1. The van der Waals surface area contributed by atoms with Crippen molar-refractivity contribution in [3.05, 3.63) is 30.1 Å². The maximum absolute atomic E-state index is 13.1. The second kappa shape index (κ2) is 5.17. The van der Waals surface area contributed by atoms with Crippen LogP contribution in [0.1, 0.15) is 13.8 Å². The van der Waals surface area contributed by atoms with E-state index in [1.165, 1.54) is 19.2 Å². The van der Waals surface area contributed by atoms with Gasteiger partial charge in [0.25, 0.3) is 0 Å². The van der Waals surface area contributed by atoms with Gasteiger partial charge in [-0.1, -0.05) is 6.07 Å². The molecule has 0 unspecified atom stereocenters. The number of carbonyl (C=O) groups excluding carboxylic acids is 1. The lowest BCUT2D eigenvalue weighted by molar-refractivity contribution is -0.150. The lowest BCUT2D eigenvalue weighted by Gasteiger charge is -2.29. The summed E-state index contributed by atoms with van der Waals surface area (Å²) in [6.45, 7) is 4.06. The molecule has 3 nitrogen and oxygen atoms in total. The zero-order valence-electron chi connectivity index (χ0n) is 10.7. The summed E-state index contributed by atoms with van der Waals surface area (Å²) in [6, 6.07) is 6.28. The Morgan fingerprint density at radius 3 is 2.65 bits per heavy atom. The van der Waals surface area contributed by atoms with Gasteiger partial charge < -0.3 is 9.64 Å². The molecule has 0 spiro atoms. The SMILES string of the molecule is COC(=O)C(C)(C)CN(C)c1cccc(F)c1. The van der Waals surface area contributed by atoms with Gasteiger partial charge in [0.15, 0.2) is 0 Å². The first-order valence-electron chi connectivity index (χ1n) is 5.42. The highest BCUT2D eigenvalue weighted by atomic mass is 19.1. The molecular formula is C13H18FNO2. The molecule has 17 heavy (non-hydrogen) atoms. The van der Waals surface area contributed by atoms with Crippen LogP contribution in [0.3, 0.4) is 0 Å². The number of hydrogen-bond donors (Lipinski definition) is 0. The minimum atomic E-state index is -0.629. The summed E-state index contributed by atoms with van der Waals surface area (Å²) >= 11 is 0. The zero-order chi connectivity index (χ0) is 13.1. The van der Waals surface area contributed by atoms with Crippen molar-refractivity contribution in [2.24, 2.45) is 5.41 Å². The Labute approximate surface area is 101 Å². The second-order valence-electron chi connectivity index (χ2n) is 4.71. The van der Waals surface area contributed by atoms with Crippen molar-refractivity contribution in [2.45, 2.75) is 13.8 Å². The van der Waals surface area contributed by atoms with Crippen molar-refractivity contribution in [3.63, 3.8) is 0 Å². The standard InChI is InChI=1S/C13H18FNO2/c1-13(2,12(16)17-4)9-15(3)11-7-5-6-10(14)8-11/h5-8H,9H2,1-4H3. The van der Waals surface area contributed by atoms with Gasteiger partial charge in [0.05, 0.1) is 12.5 Å². The molecule has 0 radical (unpaired) electrons. The van der Waals surface area contributed by atoms with Gasteiger partial charge in [-0.2, -0.15) is 0 Å². The van der Waals surface area contributed by atoms with E-state index in [0.29, 0.717) is 6.54 Å². The molecule has 0 heterocycles. The molecule has 0 atom stereocenters. The van der Waals surface area contributed by atoms with E-state index in [1.54, 1.807) is 26.0 Å². The van der Waals surface area contributed by atoms with Crippen LogP contribution in [0.25, 0.3) is 0 Å². The quantitative estimate of drug-likeness (QED) is 0.756. The minimum absolute atomic E-state index is 0.277. The second-order valence-corrected chi connectivity index (χ2v) is 4.71. The number of anilines is 1. The number of benzene rings is 1. The topological polar surface area (TPSA) is 29.5 Å². The minimum Gasteiger partial charge on any atom is -0.469 e. The number of halogens is 1. The maximum Gasteiger partial charge on any atom is 0.313 e. The van der Waals surface area contributed by atoms with Crippen LogP contribution in [0.2, 0.25) is 0 Å². The molecular weight excluding hydrogens is 221 g/mol. The van der Waals surface area contributed by atoms with E-state index in [1.807, 2.05) is 11.9 Å². The number of ether oxygens (including phenoxy) is 1. The lowest BCUT2D eigenvalue weighted by Crippen LogP contribution is -2.38. The van der Waals surface area contributed by atoms with Gasteiger partial charge in [-0.05, 0) is 32.0 Å². The van der Waals surface area contributed by atoms with Gasteiger partial charge >= 0.3 is 5.97 Å². The summed E-state index contributed by atoms with van der Waals surface area (Å²) in [5.41, 5.74) is 0.109. The average Bonchev–Trinajstić information content (AvgIpc) is 2.27. The normalized spacial score (nSPS) is 11.1. The van der Waals surface area contributed by atoms with Crippen molar-refractivity contribution in [2.75, 3.05) is 25.6 Å². The van der Waals surface area contributed by atoms with E-state index in [0.717, 1.165) is 5.69 Å². The fourth-order valence-corrected chi connectivity index (χ4v) is 1.74. The van der Waals surface area contributed by atoms with Crippen molar-refractivity contribution >= 4 is 11.7 Å². The highest BCUT2D eigenvalue weighted by Crippen LogP contribution is 2.22. The molecule has 0 saturated carbocycles. The first-order valence-corrected chi connectivity index (χ1v) is 5.42.